The van der Waals surface area contributed by atoms with Gasteiger partial charge >= 0.3 is 5.63 Å². The van der Waals surface area contributed by atoms with Gasteiger partial charge in [0.1, 0.15) is 28.7 Å². The van der Waals surface area contributed by atoms with Crippen LogP contribution in [0.25, 0.3) is 11.0 Å². The summed E-state index contributed by atoms with van der Waals surface area (Å²) in [6.45, 7) is 0. The van der Waals surface area contributed by atoms with Crippen LogP contribution < -0.4 is 24.6 Å². The minimum Gasteiger partial charge on any atom is -0.497 e. The van der Waals surface area contributed by atoms with E-state index in [0.717, 1.165) is 22.4 Å². The van der Waals surface area contributed by atoms with E-state index in [1.54, 1.807) is 27.4 Å². The quantitative estimate of drug-likeness (QED) is 0.409. The van der Waals surface area contributed by atoms with Crippen LogP contribution in [-0.2, 0) is 16.9 Å². The van der Waals surface area contributed by atoms with Crippen molar-refractivity contribution in [1.29, 1.82) is 0 Å². The molecule has 2 aliphatic heterocycles. The molecule has 7 nitrogen and oxygen atoms in total. The second kappa shape index (κ2) is 7.53. The maximum Gasteiger partial charge on any atom is 0.346 e. The molecule has 2 bridgehead atoms. The average molecular weight is 458 g/mol. The molecule has 0 spiro atoms. The third kappa shape index (κ3) is 2.90. The van der Waals surface area contributed by atoms with Crippen LogP contribution in [0.1, 0.15) is 28.4 Å². The molecule has 6 rings (SSSR count). The molecular weight excluding hydrogens is 436 g/mol. The Kier molecular flexibility index (Phi) is 4.57. The van der Waals surface area contributed by atoms with E-state index in [4.69, 9.17) is 28.1 Å². The molecule has 2 atom stereocenters. The number of hydrogen-bond acceptors (Lipinski definition) is 7. The Labute approximate surface area is 195 Å². The molecule has 0 N–H and O–H groups in total. The number of hydrogen-bond donors (Lipinski definition) is 0. The van der Waals surface area contributed by atoms with E-state index in [2.05, 4.69) is 0 Å². The molecule has 0 amide bonds. The van der Waals surface area contributed by atoms with Crippen molar-refractivity contribution in [2.75, 3.05) is 21.3 Å². The highest BCUT2D eigenvalue weighted by Crippen LogP contribution is 2.54. The summed E-state index contributed by atoms with van der Waals surface area (Å²) in [5, 5.41) is 0.715. The second-order valence-electron chi connectivity index (χ2n) is 8.29. The van der Waals surface area contributed by atoms with E-state index in [1.807, 2.05) is 54.6 Å². The van der Waals surface area contributed by atoms with Crippen molar-refractivity contribution in [1.82, 2.24) is 0 Å². The van der Waals surface area contributed by atoms with Gasteiger partial charge < -0.3 is 28.1 Å². The maximum atomic E-state index is 13.2. The molecule has 34 heavy (non-hydrogen) atoms. The Bertz CT molecular complexity index is 1470. The first-order valence-corrected chi connectivity index (χ1v) is 10.9. The normalized spacial score (nSPS) is 20.1. The van der Waals surface area contributed by atoms with Gasteiger partial charge in [0.2, 0.25) is 5.79 Å². The van der Waals surface area contributed by atoms with Crippen molar-refractivity contribution in [2.24, 2.45) is 0 Å². The number of benzene rings is 3. The third-order valence-electron chi connectivity index (χ3n) is 6.52. The predicted octanol–water partition coefficient (Wildman–Crippen LogP) is 4.73. The minimum absolute atomic E-state index is 0.330. The van der Waals surface area contributed by atoms with E-state index in [1.165, 1.54) is 0 Å². The zero-order chi connectivity index (χ0) is 23.4. The monoisotopic (exact) mass is 458 g/mol. The summed E-state index contributed by atoms with van der Waals surface area (Å²) in [6.07, 6.45) is -0.310. The Morgan fingerprint density at radius 1 is 0.912 bits per heavy atom. The van der Waals surface area contributed by atoms with Crippen molar-refractivity contribution in [2.45, 2.75) is 18.3 Å². The van der Waals surface area contributed by atoms with Gasteiger partial charge in [-0.05, 0) is 59.7 Å². The van der Waals surface area contributed by atoms with Crippen molar-refractivity contribution in [3.05, 3.63) is 93.3 Å². The lowest BCUT2D eigenvalue weighted by Gasteiger charge is -2.46. The van der Waals surface area contributed by atoms with Gasteiger partial charge in [-0.3, -0.25) is 0 Å². The van der Waals surface area contributed by atoms with E-state index in [-0.39, 0.29) is 0 Å². The minimum atomic E-state index is -1.16. The highest BCUT2D eigenvalue weighted by Gasteiger charge is 2.51. The van der Waals surface area contributed by atoms with Gasteiger partial charge in [-0.25, -0.2) is 4.79 Å². The van der Waals surface area contributed by atoms with Crippen LogP contribution in [-0.4, -0.2) is 21.3 Å². The fraction of sp³-hybridized carbons (Fsp3) is 0.222. The van der Waals surface area contributed by atoms with Gasteiger partial charge in [-0.15, -0.1) is 0 Å². The van der Waals surface area contributed by atoms with Crippen LogP contribution in [0, 0.1) is 0 Å². The Hall–Kier alpha value is -3.97. The number of fused-ring (bicyclic) bond motifs is 8. The summed E-state index contributed by atoms with van der Waals surface area (Å²) in [5.41, 5.74) is 2.85. The van der Waals surface area contributed by atoms with Crippen LogP contribution in [0.2, 0.25) is 0 Å². The van der Waals surface area contributed by atoms with Gasteiger partial charge in [0, 0.05) is 12.0 Å². The fourth-order valence-corrected chi connectivity index (χ4v) is 4.87. The summed E-state index contributed by atoms with van der Waals surface area (Å²) in [5.74, 6) is 1.19. The Balaban J connectivity index is 1.65. The lowest BCUT2D eigenvalue weighted by atomic mass is 9.84. The van der Waals surface area contributed by atoms with Gasteiger partial charge in [-0.1, -0.05) is 12.1 Å². The topological polar surface area (TPSA) is 76.4 Å². The number of rotatable bonds is 4. The molecular formula is C27H22O7. The number of ether oxygens (including phenoxy) is 5. The zero-order valence-corrected chi connectivity index (χ0v) is 18.9. The largest absolute Gasteiger partial charge is 0.497 e. The summed E-state index contributed by atoms with van der Waals surface area (Å²) >= 11 is 0. The van der Waals surface area contributed by atoms with Gasteiger partial charge in [0.05, 0.1) is 26.7 Å². The van der Waals surface area contributed by atoms with Gasteiger partial charge in [-0.2, -0.15) is 0 Å². The molecule has 2 aliphatic rings. The lowest BCUT2D eigenvalue weighted by molar-refractivity contribution is -0.237. The summed E-state index contributed by atoms with van der Waals surface area (Å²) in [4.78, 5) is 13.2. The van der Waals surface area contributed by atoms with Crippen LogP contribution in [0.15, 0.2) is 69.9 Å². The molecule has 0 radical (unpaired) electrons. The van der Waals surface area contributed by atoms with Crippen molar-refractivity contribution >= 4 is 11.0 Å². The molecule has 4 aromatic rings. The standard InChI is InChI=1S/C27H22O7/c1-29-17-10-8-16(9-11-17)27-14-15-12-21(30-2)22(31-3)13-19(15)25(34-27)23-24(33-27)18-6-4-5-7-20(18)32-26(23)28/h4-13,25H,14H2,1-3H3/t25-,27-/m0/s1. The molecule has 3 aromatic carbocycles. The Morgan fingerprint density at radius 3 is 2.38 bits per heavy atom. The summed E-state index contributed by atoms with van der Waals surface area (Å²) < 4.78 is 35.3. The third-order valence-corrected chi connectivity index (χ3v) is 6.52. The van der Waals surface area contributed by atoms with Gasteiger partial charge in [0.15, 0.2) is 11.5 Å². The fourth-order valence-electron chi connectivity index (χ4n) is 4.87. The Morgan fingerprint density at radius 2 is 1.65 bits per heavy atom. The highest BCUT2D eigenvalue weighted by atomic mass is 16.7. The smallest absolute Gasteiger partial charge is 0.346 e. The lowest BCUT2D eigenvalue weighted by Crippen LogP contribution is -2.47. The van der Waals surface area contributed by atoms with Crippen molar-refractivity contribution < 1.29 is 28.1 Å². The van der Waals surface area contributed by atoms with Crippen LogP contribution >= 0.6 is 0 Å². The SMILES string of the molecule is COc1ccc([C@]23Cc4cc(OC)c(OC)cc4[C@H](O2)c2c(c4ccccc4oc2=O)O3)cc1. The van der Waals surface area contributed by atoms with Crippen molar-refractivity contribution in [3.8, 4) is 23.0 Å². The number of methoxy groups -OCH3 is 3. The summed E-state index contributed by atoms with van der Waals surface area (Å²) in [6, 6.07) is 18.7. The molecule has 0 unspecified atom stereocenters. The summed E-state index contributed by atoms with van der Waals surface area (Å²) in [7, 11) is 4.79. The van der Waals surface area contributed by atoms with Crippen molar-refractivity contribution in [3.63, 3.8) is 0 Å². The molecule has 3 heterocycles. The highest BCUT2D eigenvalue weighted by molar-refractivity contribution is 5.85. The van der Waals surface area contributed by atoms with Crippen LogP contribution in [0.5, 0.6) is 23.0 Å². The molecule has 0 fully saturated rings. The average Bonchev–Trinajstić information content (AvgIpc) is 2.87. The van der Waals surface area contributed by atoms with E-state index < -0.39 is 17.5 Å². The molecule has 0 aliphatic carbocycles. The van der Waals surface area contributed by atoms with Crippen LogP contribution in [0.4, 0.5) is 0 Å². The molecule has 0 saturated heterocycles. The van der Waals surface area contributed by atoms with E-state index >= 15 is 0 Å². The van der Waals surface area contributed by atoms with Gasteiger partial charge in [0.25, 0.3) is 0 Å². The predicted molar refractivity (Wildman–Crippen MR) is 124 cm³/mol. The first-order chi connectivity index (χ1) is 16.6. The number of para-hydroxylation sites is 1. The first kappa shape index (κ1) is 20.6. The van der Waals surface area contributed by atoms with E-state index in [0.29, 0.717) is 40.2 Å². The molecule has 1 aromatic heterocycles. The second-order valence-corrected chi connectivity index (χ2v) is 8.29. The van der Waals surface area contributed by atoms with E-state index in [9.17, 15) is 4.79 Å². The molecule has 172 valence electrons. The van der Waals surface area contributed by atoms with Crippen LogP contribution in [0.3, 0.4) is 0 Å². The molecule has 7 heteroatoms. The maximum absolute atomic E-state index is 13.2. The zero-order valence-electron chi connectivity index (χ0n) is 18.9. The molecule has 0 saturated carbocycles. The first-order valence-electron chi connectivity index (χ1n) is 10.9.